The Bertz CT molecular complexity index is 422. The van der Waals surface area contributed by atoms with Gasteiger partial charge in [0.2, 0.25) is 0 Å². The molecule has 0 aromatic heterocycles. The Morgan fingerprint density at radius 1 is 1.38 bits per heavy atom. The van der Waals surface area contributed by atoms with Crippen LogP contribution in [0.15, 0.2) is 24.3 Å². The number of hydrogen-bond acceptors (Lipinski definition) is 4. The van der Waals surface area contributed by atoms with E-state index in [1.165, 1.54) is 11.1 Å². The zero-order valence-corrected chi connectivity index (χ0v) is 11.8. The highest BCUT2D eigenvalue weighted by atomic mass is 19.4. The number of rotatable bonds is 5. The second kappa shape index (κ2) is 9.32. The van der Waals surface area contributed by atoms with Crippen LogP contribution in [0.2, 0.25) is 0 Å². The molecule has 0 saturated carbocycles. The highest BCUT2D eigenvalue weighted by Gasteiger charge is 2.38. The van der Waals surface area contributed by atoms with Crippen LogP contribution in [0.5, 0.6) is 0 Å². The fraction of sp³-hybridized carbons (Fsp3) is 0.462. The van der Waals surface area contributed by atoms with Gasteiger partial charge in [0.05, 0.1) is 6.61 Å². The van der Waals surface area contributed by atoms with Gasteiger partial charge in [-0.05, 0) is 25.0 Å². The summed E-state index contributed by atoms with van der Waals surface area (Å²) in [5.41, 5.74) is 5.09. The molecule has 8 heteroatoms. The first-order valence-electron chi connectivity index (χ1n) is 6.15. The number of halogens is 3. The lowest BCUT2D eigenvalue weighted by molar-refractivity contribution is -0.192. The van der Waals surface area contributed by atoms with Crippen molar-refractivity contribution in [2.24, 2.45) is 5.84 Å². The molecule has 0 bridgehead atoms. The molecule has 1 atom stereocenters. The van der Waals surface area contributed by atoms with Gasteiger partial charge < -0.3 is 9.84 Å². The van der Waals surface area contributed by atoms with Crippen molar-refractivity contribution in [2.45, 2.75) is 32.7 Å². The van der Waals surface area contributed by atoms with E-state index in [1.807, 2.05) is 13.8 Å². The van der Waals surface area contributed by atoms with Crippen LogP contribution >= 0.6 is 0 Å². The van der Waals surface area contributed by atoms with Crippen molar-refractivity contribution in [1.82, 2.24) is 5.43 Å². The fourth-order valence-corrected chi connectivity index (χ4v) is 1.22. The summed E-state index contributed by atoms with van der Waals surface area (Å²) >= 11 is 0. The highest BCUT2D eigenvalue weighted by Crippen LogP contribution is 2.13. The first-order valence-corrected chi connectivity index (χ1v) is 6.15. The van der Waals surface area contributed by atoms with Gasteiger partial charge in [0, 0.05) is 12.6 Å². The molecule has 5 nitrogen and oxygen atoms in total. The quantitative estimate of drug-likeness (QED) is 0.574. The monoisotopic (exact) mass is 308 g/mol. The summed E-state index contributed by atoms with van der Waals surface area (Å²) in [5, 5.41) is 7.12. The maximum Gasteiger partial charge on any atom is 0.490 e. The molecule has 21 heavy (non-hydrogen) atoms. The SMILES string of the molecule is CCOCc1ccc([C@H](C)NN)cc1.O=C(O)C(F)(F)F. The number of nitrogens with two attached hydrogens (primary N) is 1. The summed E-state index contributed by atoms with van der Waals surface area (Å²) < 4.78 is 37.0. The number of carbonyl (C=O) groups is 1. The van der Waals surface area contributed by atoms with Crippen LogP contribution in [0.1, 0.15) is 31.0 Å². The number of nitrogens with one attached hydrogen (secondary N) is 1. The molecule has 0 aliphatic rings. The van der Waals surface area contributed by atoms with Crippen LogP contribution in [0.4, 0.5) is 13.2 Å². The lowest BCUT2D eigenvalue weighted by Crippen LogP contribution is -2.25. The minimum Gasteiger partial charge on any atom is -0.475 e. The van der Waals surface area contributed by atoms with Crippen LogP contribution in [0.25, 0.3) is 0 Å². The summed E-state index contributed by atoms with van der Waals surface area (Å²) in [6, 6.07) is 8.46. The van der Waals surface area contributed by atoms with E-state index in [-0.39, 0.29) is 6.04 Å². The zero-order valence-electron chi connectivity index (χ0n) is 11.8. The topological polar surface area (TPSA) is 84.6 Å². The third-order valence-corrected chi connectivity index (χ3v) is 2.45. The molecular formula is C13H19F3N2O3. The molecule has 0 aliphatic carbocycles. The smallest absolute Gasteiger partial charge is 0.475 e. The van der Waals surface area contributed by atoms with E-state index in [1.54, 1.807) is 0 Å². The Balaban J connectivity index is 0.000000486. The minimum absolute atomic E-state index is 0.191. The summed E-state index contributed by atoms with van der Waals surface area (Å²) in [4.78, 5) is 8.90. The van der Waals surface area contributed by atoms with Gasteiger partial charge in [-0.3, -0.25) is 11.3 Å². The normalized spacial score (nSPS) is 12.3. The zero-order chi connectivity index (χ0) is 16.5. The number of hydrogen-bond donors (Lipinski definition) is 3. The molecule has 4 N–H and O–H groups in total. The van der Waals surface area contributed by atoms with E-state index in [0.29, 0.717) is 6.61 Å². The summed E-state index contributed by atoms with van der Waals surface area (Å²) in [6.07, 6.45) is -5.08. The van der Waals surface area contributed by atoms with Crippen LogP contribution in [0.3, 0.4) is 0 Å². The summed E-state index contributed by atoms with van der Waals surface area (Å²) in [6.45, 7) is 5.45. The predicted molar refractivity (Wildman–Crippen MR) is 71.2 cm³/mol. The molecule has 0 aliphatic heterocycles. The Labute approximate surface area is 120 Å². The van der Waals surface area contributed by atoms with Crippen molar-refractivity contribution in [3.8, 4) is 0 Å². The van der Waals surface area contributed by atoms with Gasteiger partial charge in [-0.1, -0.05) is 24.3 Å². The molecule has 1 rings (SSSR count). The lowest BCUT2D eigenvalue weighted by Gasteiger charge is -2.10. The van der Waals surface area contributed by atoms with E-state index in [4.69, 9.17) is 20.5 Å². The third-order valence-electron chi connectivity index (χ3n) is 2.45. The average Bonchev–Trinajstić information content (AvgIpc) is 2.44. The van der Waals surface area contributed by atoms with Gasteiger partial charge in [-0.25, -0.2) is 4.79 Å². The Morgan fingerprint density at radius 2 is 1.86 bits per heavy atom. The third kappa shape index (κ3) is 8.28. The number of ether oxygens (including phenoxy) is 1. The first-order chi connectivity index (χ1) is 9.72. The Hall–Kier alpha value is -1.64. The number of benzene rings is 1. The molecule has 0 fully saturated rings. The molecule has 120 valence electrons. The van der Waals surface area contributed by atoms with Crippen molar-refractivity contribution in [3.05, 3.63) is 35.4 Å². The van der Waals surface area contributed by atoms with Gasteiger partial charge in [0.15, 0.2) is 0 Å². The predicted octanol–water partition coefficient (Wildman–Crippen LogP) is 2.38. The molecule has 0 spiro atoms. The number of aliphatic carboxylic acids is 1. The molecule has 1 aromatic rings. The second-order valence-corrected chi connectivity index (χ2v) is 4.07. The van der Waals surface area contributed by atoms with Crippen LogP contribution in [0, 0.1) is 0 Å². The van der Waals surface area contributed by atoms with Gasteiger partial charge in [-0.2, -0.15) is 13.2 Å². The van der Waals surface area contributed by atoms with Crippen molar-refractivity contribution in [1.29, 1.82) is 0 Å². The largest absolute Gasteiger partial charge is 0.490 e. The number of carboxylic acid groups (broad SMARTS) is 1. The summed E-state index contributed by atoms with van der Waals surface area (Å²) in [7, 11) is 0. The number of carboxylic acids is 1. The van der Waals surface area contributed by atoms with E-state index in [9.17, 15) is 13.2 Å². The van der Waals surface area contributed by atoms with Gasteiger partial charge >= 0.3 is 12.1 Å². The maximum absolute atomic E-state index is 10.6. The minimum atomic E-state index is -5.08. The van der Waals surface area contributed by atoms with Crippen molar-refractivity contribution in [3.63, 3.8) is 0 Å². The fourth-order valence-electron chi connectivity index (χ4n) is 1.22. The van der Waals surface area contributed by atoms with Gasteiger partial charge in [-0.15, -0.1) is 0 Å². The van der Waals surface area contributed by atoms with Gasteiger partial charge in [0.25, 0.3) is 0 Å². The lowest BCUT2D eigenvalue weighted by atomic mass is 10.1. The molecule has 0 radical (unpaired) electrons. The molecule has 0 saturated heterocycles. The molecule has 1 aromatic carbocycles. The molecule has 0 unspecified atom stereocenters. The van der Waals surface area contributed by atoms with E-state index in [0.717, 1.165) is 6.61 Å². The Kier molecular flexibility index (Phi) is 8.60. The van der Waals surface area contributed by atoms with E-state index in [2.05, 4.69) is 29.7 Å². The van der Waals surface area contributed by atoms with Crippen LogP contribution < -0.4 is 11.3 Å². The summed E-state index contributed by atoms with van der Waals surface area (Å²) in [5.74, 6) is 2.59. The van der Waals surface area contributed by atoms with Crippen LogP contribution in [-0.2, 0) is 16.1 Å². The van der Waals surface area contributed by atoms with Crippen molar-refractivity contribution >= 4 is 5.97 Å². The highest BCUT2D eigenvalue weighted by molar-refractivity contribution is 5.73. The van der Waals surface area contributed by atoms with Crippen LogP contribution in [-0.4, -0.2) is 23.9 Å². The van der Waals surface area contributed by atoms with E-state index < -0.39 is 12.1 Å². The second-order valence-electron chi connectivity index (χ2n) is 4.07. The molecular weight excluding hydrogens is 289 g/mol. The molecule has 0 amide bonds. The average molecular weight is 308 g/mol. The van der Waals surface area contributed by atoms with Gasteiger partial charge in [0.1, 0.15) is 0 Å². The number of hydrazine groups is 1. The number of alkyl halides is 3. The van der Waals surface area contributed by atoms with Crippen molar-refractivity contribution < 1.29 is 27.8 Å². The standard InChI is InChI=1S/C11H18N2O.C2HF3O2/c1-3-14-8-10-4-6-11(7-5-10)9(2)13-12;3-2(4,5)1(6)7/h4-7,9,13H,3,8,12H2,1-2H3;(H,6,7)/t9-;/m0./s1. The Morgan fingerprint density at radius 3 is 2.19 bits per heavy atom. The first kappa shape index (κ1) is 19.4. The maximum atomic E-state index is 10.6. The van der Waals surface area contributed by atoms with E-state index >= 15 is 0 Å². The molecule has 0 heterocycles. The van der Waals surface area contributed by atoms with Crippen molar-refractivity contribution in [2.75, 3.05) is 6.61 Å².